The maximum atomic E-state index is 12.8. The molecule has 4 aliphatic rings. The van der Waals surface area contributed by atoms with E-state index < -0.39 is 0 Å². The maximum absolute atomic E-state index is 12.8. The minimum absolute atomic E-state index is 0.0447. The molecule has 0 aromatic carbocycles. The van der Waals surface area contributed by atoms with Gasteiger partial charge in [0.25, 0.3) is 0 Å². The smallest absolute Gasteiger partial charge is 0.312 e. The average Bonchev–Trinajstić information content (AvgIpc) is 3.07. The van der Waals surface area contributed by atoms with Gasteiger partial charge in [0, 0.05) is 5.92 Å². The molecule has 2 bridgehead atoms. The Hall–Kier alpha value is -0.530. The van der Waals surface area contributed by atoms with Crippen LogP contribution in [0.25, 0.3) is 0 Å². The zero-order valence-corrected chi connectivity index (χ0v) is 15.4. The third-order valence-corrected chi connectivity index (χ3v) is 8.50. The van der Waals surface area contributed by atoms with Crippen LogP contribution in [-0.2, 0) is 9.53 Å². The van der Waals surface area contributed by atoms with Gasteiger partial charge in [0.15, 0.2) is 0 Å². The highest BCUT2D eigenvalue weighted by atomic mass is 16.6. The van der Waals surface area contributed by atoms with E-state index in [1.807, 2.05) is 13.8 Å². The second-order valence-corrected chi connectivity index (χ2v) is 9.76. The van der Waals surface area contributed by atoms with E-state index in [4.69, 9.17) is 4.74 Å². The molecular formula is C21H34O2. The first-order valence-corrected chi connectivity index (χ1v) is 10.1. The first kappa shape index (κ1) is 16.0. The molecule has 0 N–H and O–H groups in total. The lowest BCUT2D eigenvalue weighted by atomic mass is 9.48. The van der Waals surface area contributed by atoms with Crippen molar-refractivity contribution in [3.63, 3.8) is 0 Å². The molecule has 0 heterocycles. The summed E-state index contributed by atoms with van der Waals surface area (Å²) < 4.78 is 6.33. The van der Waals surface area contributed by atoms with Gasteiger partial charge in [-0.3, -0.25) is 4.79 Å². The molecule has 0 aliphatic heterocycles. The number of rotatable bonds is 5. The van der Waals surface area contributed by atoms with E-state index in [1.165, 1.54) is 32.1 Å². The normalized spacial score (nSPS) is 47.7. The summed E-state index contributed by atoms with van der Waals surface area (Å²) in [7, 11) is 0. The molecule has 0 radical (unpaired) electrons. The lowest BCUT2D eigenvalue weighted by molar-refractivity contribution is -0.186. The fraction of sp³-hybridized carbons (Fsp3) is 0.952. The van der Waals surface area contributed by atoms with Crippen molar-refractivity contribution in [3.05, 3.63) is 0 Å². The number of esters is 1. The van der Waals surface area contributed by atoms with Crippen LogP contribution >= 0.6 is 0 Å². The predicted octanol–water partition coefficient (Wildman–Crippen LogP) is 5.21. The summed E-state index contributed by atoms with van der Waals surface area (Å²) in [4.78, 5) is 12.8. The minimum atomic E-state index is -0.338. The van der Waals surface area contributed by atoms with Gasteiger partial charge in [-0.15, -0.1) is 0 Å². The van der Waals surface area contributed by atoms with Crippen molar-refractivity contribution in [3.8, 4) is 0 Å². The molecule has 4 saturated carbocycles. The minimum Gasteiger partial charge on any atom is -0.458 e. The molecule has 4 fully saturated rings. The van der Waals surface area contributed by atoms with E-state index in [0.717, 1.165) is 48.9 Å². The average molecular weight is 319 g/mol. The summed E-state index contributed by atoms with van der Waals surface area (Å²) in [6, 6.07) is 0. The van der Waals surface area contributed by atoms with Gasteiger partial charge in [0.05, 0.1) is 5.41 Å². The molecule has 23 heavy (non-hydrogen) atoms. The van der Waals surface area contributed by atoms with E-state index in [0.29, 0.717) is 5.92 Å². The Morgan fingerprint density at radius 3 is 2.35 bits per heavy atom. The van der Waals surface area contributed by atoms with Crippen LogP contribution < -0.4 is 0 Å². The Morgan fingerprint density at radius 1 is 1.09 bits per heavy atom. The summed E-state index contributed by atoms with van der Waals surface area (Å²) in [6.07, 6.45) is 10.2. The second kappa shape index (κ2) is 5.23. The molecule has 0 spiro atoms. The van der Waals surface area contributed by atoms with Gasteiger partial charge < -0.3 is 4.74 Å². The van der Waals surface area contributed by atoms with Crippen molar-refractivity contribution in [1.29, 1.82) is 0 Å². The van der Waals surface area contributed by atoms with E-state index in [-0.39, 0.29) is 17.0 Å². The second-order valence-electron chi connectivity index (χ2n) is 9.76. The predicted molar refractivity (Wildman–Crippen MR) is 91.8 cm³/mol. The van der Waals surface area contributed by atoms with Gasteiger partial charge in [0.2, 0.25) is 0 Å². The summed E-state index contributed by atoms with van der Waals surface area (Å²) in [6.45, 7) is 8.41. The Bertz CT molecular complexity index is 496. The monoisotopic (exact) mass is 318 g/mol. The SMILES string of the molecule is CCC(C)(C)C(=O)OC1(CC)CC2CC(C3CC4CCC43)C1C2. The Balaban J connectivity index is 1.51. The van der Waals surface area contributed by atoms with Gasteiger partial charge in [-0.05, 0) is 94.8 Å². The third kappa shape index (κ3) is 2.23. The molecule has 130 valence electrons. The van der Waals surface area contributed by atoms with Gasteiger partial charge in [-0.25, -0.2) is 0 Å². The number of hydrogen-bond donors (Lipinski definition) is 0. The van der Waals surface area contributed by atoms with Crippen molar-refractivity contribution in [1.82, 2.24) is 0 Å². The molecule has 4 rings (SSSR count). The molecule has 0 saturated heterocycles. The Labute approximate surface area is 141 Å². The topological polar surface area (TPSA) is 26.3 Å². The highest BCUT2D eigenvalue weighted by Crippen LogP contribution is 2.66. The summed E-state index contributed by atoms with van der Waals surface area (Å²) in [5.41, 5.74) is -0.471. The lowest BCUT2D eigenvalue weighted by Crippen LogP contribution is -2.53. The quantitative estimate of drug-likeness (QED) is 0.651. The number of ether oxygens (including phenoxy) is 1. The standard InChI is InChI=1S/C21H34O2/c1-5-20(3,4)19(22)23-21(6-2)12-13-9-17(18(21)10-13)16-11-14-7-8-15(14)16/h13-18H,5-12H2,1-4H3. The van der Waals surface area contributed by atoms with Gasteiger partial charge in [-0.1, -0.05) is 13.8 Å². The zero-order chi connectivity index (χ0) is 16.4. The number of carbonyl (C=O) groups excluding carboxylic acids is 1. The third-order valence-electron chi connectivity index (χ3n) is 8.50. The molecule has 0 aromatic rings. The number of fused-ring (bicyclic) bond motifs is 3. The largest absolute Gasteiger partial charge is 0.458 e. The van der Waals surface area contributed by atoms with Crippen LogP contribution in [0.15, 0.2) is 0 Å². The van der Waals surface area contributed by atoms with Crippen molar-refractivity contribution in [2.75, 3.05) is 0 Å². The molecule has 0 aromatic heterocycles. The first-order valence-electron chi connectivity index (χ1n) is 10.1. The molecule has 4 aliphatic carbocycles. The van der Waals surface area contributed by atoms with Crippen molar-refractivity contribution < 1.29 is 9.53 Å². The van der Waals surface area contributed by atoms with Crippen LogP contribution in [0.2, 0.25) is 0 Å². The van der Waals surface area contributed by atoms with Crippen LogP contribution in [0.5, 0.6) is 0 Å². The van der Waals surface area contributed by atoms with Crippen molar-refractivity contribution in [2.24, 2.45) is 40.9 Å². The Kier molecular flexibility index (Phi) is 3.63. The van der Waals surface area contributed by atoms with Gasteiger partial charge in [0.1, 0.15) is 5.60 Å². The number of hydrogen-bond acceptors (Lipinski definition) is 2. The van der Waals surface area contributed by atoms with E-state index in [1.54, 1.807) is 0 Å². The van der Waals surface area contributed by atoms with Crippen LogP contribution in [0.3, 0.4) is 0 Å². The summed E-state index contributed by atoms with van der Waals surface area (Å²) in [5, 5.41) is 0. The van der Waals surface area contributed by atoms with Gasteiger partial charge in [-0.2, -0.15) is 0 Å². The summed E-state index contributed by atoms with van der Waals surface area (Å²) in [5.74, 6) is 5.44. The van der Waals surface area contributed by atoms with Gasteiger partial charge >= 0.3 is 5.97 Å². The Morgan fingerprint density at radius 2 is 1.87 bits per heavy atom. The molecule has 7 atom stereocenters. The highest BCUT2D eigenvalue weighted by Gasteiger charge is 2.62. The van der Waals surface area contributed by atoms with Crippen molar-refractivity contribution in [2.45, 2.75) is 84.7 Å². The fourth-order valence-corrected chi connectivity index (χ4v) is 6.40. The van der Waals surface area contributed by atoms with Crippen LogP contribution in [-0.4, -0.2) is 11.6 Å². The van der Waals surface area contributed by atoms with Crippen molar-refractivity contribution >= 4 is 5.97 Å². The lowest BCUT2D eigenvalue weighted by Gasteiger charge is -2.58. The molecule has 0 amide bonds. The van der Waals surface area contributed by atoms with E-state index in [2.05, 4.69) is 13.8 Å². The van der Waals surface area contributed by atoms with E-state index >= 15 is 0 Å². The number of carbonyl (C=O) groups is 1. The molecule has 2 nitrogen and oxygen atoms in total. The molecular weight excluding hydrogens is 284 g/mol. The first-order chi connectivity index (χ1) is 10.9. The highest BCUT2D eigenvalue weighted by molar-refractivity contribution is 5.76. The van der Waals surface area contributed by atoms with Crippen LogP contribution in [0, 0.1) is 40.9 Å². The zero-order valence-electron chi connectivity index (χ0n) is 15.4. The maximum Gasteiger partial charge on any atom is 0.312 e. The summed E-state index contributed by atoms with van der Waals surface area (Å²) >= 11 is 0. The molecule has 2 heteroatoms. The van der Waals surface area contributed by atoms with Crippen LogP contribution in [0.1, 0.15) is 79.1 Å². The van der Waals surface area contributed by atoms with Crippen LogP contribution in [0.4, 0.5) is 0 Å². The fourth-order valence-electron chi connectivity index (χ4n) is 6.40. The van der Waals surface area contributed by atoms with E-state index in [9.17, 15) is 4.79 Å². The molecule has 7 unspecified atom stereocenters.